The van der Waals surface area contributed by atoms with Crippen LogP contribution in [0.25, 0.3) is 0 Å². The molecule has 0 bridgehead atoms. The molecule has 5 nitrogen and oxygen atoms in total. The zero-order valence-corrected chi connectivity index (χ0v) is 13.8. The van der Waals surface area contributed by atoms with Crippen LogP contribution in [0, 0.1) is 17.2 Å². The Morgan fingerprint density at radius 3 is 2.79 bits per heavy atom. The minimum Gasteiger partial charge on any atom is -0.351 e. The Bertz CT molecular complexity index is 640. The Morgan fingerprint density at radius 1 is 1.25 bits per heavy atom. The van der Waals surface area contributed by atoms with E-state index in [0.717, 1.165) is 5.56 Å². The number of carbonyl (C=O) groups excluding carboxylic acids is 2. The lowest BCUT2D eigenvalue weighted by atomic mass is 9.89. The molecule has 24 heavy (non-hydrogen) atoms. The fourth-order valence-corrected chi connectivity index (χ4v) is 2.83. The first-order chi connectivity index (χ1) is 11.7. The Balaban J connectivity index is 1.84. The average molecular weight is 325 g/mol. The molecule has 0 heterocycles. The molecule has 0 spiro atoms. The minimum atomic E-state index is -0.303. The molecule has 0 unspecified atom stereocenters. The third-order valence-electron chi connectivity index (χ3n) is 4.09. The van der Waals surface area contributed by atoms with Gasteiger partial charge in [0.1, 0.15) is 6.42 Å². The Hall–Kier alpha value is -2.61. The van der Waals surface area contributed by atoms with Gasteiger partial charge in [-0.15, -0.1) is 0 Å². The summed E-state index contributed by atoms with van der Waals surface area (Å²) in [5.74, 6) is 0.0831. The SMILES string of the molecule is N#CCC(=O)NCc1cccc(NC(=O)/C=C/C2CCCCC2)c1. The van der Waals surface area contributed by atoms with E-state index in [4.69, 9.17) is 5.26 Å². The number of anilines is 1. The van der Waals surface area contributed by atoms with Crippen molar-refractivity contribution < 1.29 is 9.59 Å². The molecule has 0 radical (unpaired) electrons. The van der Waals surface area contributed by atoms with Crippen LogP contribution >= 0.6 is 0 Å². The Labute approximate surface area is 142 Å². The highest BCUT2D eigenvalue weighted by molar-refractivity contribution is 5.99. The number of rotatable bonds is 6. The first-order valence-electron chi connectivity index (χ1n) is 8.39. The van der Waals surface area contributed by atoms with Gasteiger partial charge in [-0.05, 0) is 42.5 Å². The third-order valence-corrected chi connectivity index (χ3v) is 4.09. The Kier molecular flexibility index (Phi) is 7.03. The number of nitriles is 1. The van der Waals surface area contributed by atoms with Gasteiger partial charge in [0.15, 0.2) is 0 Å². The molecule has 0 aliphatic heterocycles. The summed E-state index contributed by atoms with van der Waals surface area (Å²) in [5.41, 5.74) is 1.57. The average Bonchev–Trinajstić information content (AvgIpc) is 2.60. The number of benzene rings is 1. The molecular weight excluding hydrogens is 302 g/mol. The van der Waals surface area contributed by atoms with Crippen molar-refractivity contribution in [1.82, 2.24) is 5.32 Å². The van der Waals surface area contributed by atoms with E-state index >= 15 is 0 Å². The molecular formula is C19H23N3O2. The van der Waals surface area contributed by atoms with E-state index in [1.807, 2.05) is 30.3 Å². The van der Waals surface area contributed by atoms with Gasteiger partial charge >= 0.3 is 0 Å². The van der Waals surface area contributed by atoms with Crippen LogP contribution in [0.5, 0.6) is 0 Å². The zero-order chi connectivity index (χ0) is 17.2. The van der Waals surface area contributed by atoms with Crippen molar-refractivity contribution >= 4 is 17.5 Å². The summed E-state index contributed by atoms with van der Waals surface area (Å²) in [5, 5.41) is 14.0. The third kappa shape index (κ3) is 6.25. The molecule has 1 aliphatic rings. The van der Waals surface area contributed by atoms with Gasteiger partial charge in [-0.1, -0.05) is 37.5 Å². The van der Waals surface area contributed by atoms with E-state index in [9.17, 15) is 9.59 Å². The summed E-state index contributed by atoms with van der Waals surface area (Å²) < 4.78 is 0. The molecule has 0 saturated heterocycles. The standard InChI is InChI=1S/C19H23N3O2/c20-12-11-18(23)21-14-16-7-4-8-17(13-16)22-19(24)10-9-15-5-2-1-3-6-15/h4,7-10,13,15H,1-3,5-6,11,14H2,(H,21,23)(H,22,24)/b10-9+. The Morgan fingerprint density at radius 2 is 2.04 bits per heavy atom. The second kappa shape index (κ2) is 9.51. The smallest absolute Gasteiger partial charge is 0.248 e. The van der Waals surface area contributed by atoms with E-state index in [1.54, 1.807) is 12.1 Å². The number of carbonyl (C=O) groups is 2. The van der Waals surface area contributed by atoms with Crippen LogP contribution in [0.2, 0.25) is 0 Å². The number of nitrogens with zero attached hydrogens (tertiary/aromatic N) is 1. The highest BCUT2D eigenvalue weighted by Crippen LogP contribution is 2.24. The normalized spacial score (nSPS) is 15.0. The number of hydrogen-bond acceptors (Lipinski definition) is 3. The number of hydrogen-bond donors (Lipinski definition) is 2. The number of allylic oxidation sites excluding steroid dienone is 1. The van der Waals surface area contributed by atoms with E-state index in [0.29, 0.717) is 18.2 Å². The fraction of sp³-hybridized carbons (Fsp3) is 0.421. The molecule has 5 heteroatoms. The van der Waals surface area contributed by atoms with Crippen LogP contribution < -0.4 is 10.6 Å². The highest BCUT2D eigenvalue weighted by Gasteiger charge is 2.10. The molecule has 1 fully saturated rings. The summed E-state index contributed by atoms with van der Waals surface area (Å²) in [6.45, 7) is 0.335. The molecule has 126 valence electrons. The summed E-state index contributed by atoms with van der Waals surface area (Å²) in [7, 11) is 0. The lowest BCUT2D eigenvalue weighted by molar-refractivity contribution is -0.120. The molecule has 1 aliphatic carbocycles. The van der Waals surface area contributed by atoms with Crippen LogP contribution in [-0.2, 0) is 16.1 Å². The van der Waals surface area contributed by atoms with Crippen molar-refractivity contribution in [2.24, 2.45) is 5.92 Å². The molecule has 1 aromatic rings. The van der Waals surface area contributed by atoms with Crippen LogP contribution in [0.1, 0.15) is 44.1 Å². The zero-order valence-electron chi connectivity index (χ0n) is 13.8. The maximum absolute atomic E-state index is 12.0. The largest absolute Gasteiger partial charge is 0.351 e. The quantitative estimate of drug-likeness (QED) is 0.787. The van der Waals surface area contributed by atoms with Gasteiger partial charge in [-0.3, -0.25) is 9.59 Å². The molecule has 1 aromatic carbocycles. The van der Waals surface area contributed by atoms with Crippen LogP contribution in [0.15, 0.2) is 36.4 Å². The summed E-state index contributed by atoms with van der Waals surface area (Å²) in [4.78, 5) is 23.3. The van der Waals surface area contributed by atoms with Gasteiger partial charge in [0.2, 0.25) is 11.8 Å². The van der Waals surface area contributed by atoms with Crippen molar-refractivity contribution in [1.29, 1.82) is 5.26 Å². The van der Waals surface area contributed by atoms with Gasteiger partial charge in [-0.2, -0.15) is 5.26 Å². The number of nitrogens with one attached hydrogen (secondary N) is 2. The minimum absolute atomic E-state index is 0.133. The van der Waals surface area contributed by atoms with E-state index in [2.05, 4.69) is 10.6 Å². The topological polar surface area (TPSA) is 82.0 Å². The van der Waals surface area contributed by atoms with E-state index < -0.39 is 0 Å². The van der Waals surface area contributed by atoms with Crippen molar-refractivity contribution in [2.75, 3.05) is 5.32 Å². The molecule has 0 aromatic heterocycles. The second-order valence-corrected chi connectivity index (χ2v) is 6.06. The summed E-state index contributed by atoms with van der Waals surface area (Å²) >= 11 is 0. The lowest BCUT2D eigenvalue weighted by Gasteiger charge is -2.17. The van der Waals surface area contributed by atoms with Crippen LogP contribution in [0.4, 0.5) is 5.69 Å². The number of amides is 2. The van der Waals surface area contributed by atoms with Crippen molar-refractivity contribution in [3.8, 4) is 6.07 Å². The van der Waals surface area contributed by atoms with Gasteiger partial charge in [-0.25, -0.2) is 0 Å². The van der Waals surface area contributed by atoms with E-state index in [-0.39, 0.29) is 18.2 Å². The second-order valence-electron chi connectivity index (χ2n) is 6.06. The fourth-order valence-electron chi connectivity index (χ4n) is 2.83. The molecule has 2 rings (SSSR count). The maximum atomic E-state index is 12.0. The monoisotopic (exact) mass is 325 g/mol. The van der Waals surface area contributed by atoms with Gasteiger partial charge < -0.3 is 10.6 Å². The van der Waals surface area contributed by atoms with E-state index in [1.165, 1.54) is 32.1 Å². The summed E-state index contributed by atoms with van der Waals surface area (Å²) in [6, 6.07) is 9.12. The van der Waals surface area contributed by atoms with Gasteiger partial charge in [0.25, 0.3) is 0 Å². The molecule has 2 N–H and O–H groups in total. The molecule has 0 atom stereocenters. The predicted molar refractivity (Wildman–Crippen MR) is 92.9 cm³/mol. The predicted octanol–water partition coefficient (Wildman–Crippen LogP) is 3.29. The first-order valence-corrected chi connectivity index (χ1v) is 8.39. The van der Waals surface area contributed by atoms with Crippen molar-refractivity contribution in [3.63, 3.8) is 0 Å². The van der Waals surface area contributed by atoms with Gasteiger partial charge in [0, 0.05) is 12.2 Å². The first kappa shape index (κ1) is 17.7. The van der Waals surface area contributed by atoms with Crippen molar-refractivity contribution in [2.45, 2.75) is 45.1 Å². The summed E-state index contributed by atoms with van der Waals surface area (Å²) in [6.07, 6.45) is 9.62. The van der Waals surface area contributed by atoms with Crippen LogP contribution in [0.3, 0.4) is 0 Å². The highest BCUT2D eigenvalue weighted by atomic mass is 16.2. The molecule has 1 saturated carbocycles. The maximum Gasteiger partial charge on any atom is 0.248 e. The lowest BCUT2D eigenvalue weighted by Crippen LogP contribution is -2.21. The van der Waals surface area contributed by atoms with Crippen molar-refractivity contribution in [3.05, 3.63) is 42.0 Å². The van der Waals surface area contributed by atoms with Gasteiger partial charge in [0.05, 0.1) is 6.07 Å². The van der Waals surface area contributed by atoms with Crippen LogP contribution in [-0.4, -0.2) is 11.8 Å². The molecule has 2 amide bonds.